The zero-order valence-corrected chi connectivity index (χ0v) is 19.8. The molecule has 8 heteroatoms. The predicted molar refractivity (Wildman–Crippen MR) is 129 cm³/mol. The van der Waals surface area contributed by atoms with E-state index in [9.17, 15) is 9.59 Å². The van der Waals surface area contributed by atoms with Crippen LogP contribution in [0.1, 0.15) is 49.3 Å². The Kier molecular flexibility index (Phi) is 6.62. The van der Waals surface area contributed by atoms with Crippen molar-refractivity contribution in [3.05, 3.63) is 53.6 Å². The number of hydrogen-bond acceptors (Lipinski definition) is 5. The number of aromatic amines is 1. The lowest BCUT2D eigenvalue weighted by Crippen LogP contribution is -2.40. The van der Waals surface area contributed by atoms with E-state index in [1.165, 1.54) is 0 Å². The lowest BCUT2D eigenvalue weighted by atomic mass is 9.99. The molecule has 33 heavy (non-hydrogen) atoms. The number of anilines is 1. The van der Waals surface area contributed by atoms with Crippen LogP contribution in [0.2, 0.25) is 0 Å². The highest BCUT2D eigenvalue weighted by molar-refractivity contribution is 5.89. The summed E-state index contributed by atoms with van der Waals surface area (Å²) in [6.07, 6.45) is 5.11. The molecule has 174 valence electrons. The fourth-order valence-electron chi connectivity index (χ4n) is 4.36. The first kappa shape index (κ1) is 22.8. The number of likely N-dealkylation sites (tertiary alicyclic amines) is 1. The number of amides is 2. The van der Waals surface area contributed by atoms with Gasteiger partial charge in [0.2, 0.25) is 11.8 Å². The molecule has 4 rings (SSSR count). The average molecular weight is 449 g/mol. The molecule has 1 fully saturated rings. The van der Waals surface area contributed by atoms with Crippen molar-refractivity contribution < 1.29 is 9.59 Å². The Morgan fingerprint density at radius 3 is 2.70 bits per heavy atom. The number of aromatic nitrogens is 3. The van der Waals surface area contributed by atoms with Crippen LogP contribution in [0.3, 0.4) is 0 Å². The molecular weight excluding hydrogens is 416 g/mol. The summed E-state index contributed by atoms with van der Waals surface area (Å²) in [5, 5.41) is 1.08. The van der Waals surface area contributed by atoms with Crippen molar-refractivity contribution in [1.82, 2.24) is 24.8 Å². The number of benzene rings is 1. The topological polar surface area (TPSA) is 85.4 Å². The molecule has 1 saturated heterocycles. The van der Waals surface area contributed by atoms with Crippen LogP contribution < -0.4 is 4.90 Å². The molecule has 1 N–H and O–H groups in total. The molecule has 1 atom stereocenters. The number of fused-ring (bicyclic) bond motifs is 1. The Bertz CT molecular complexity index is 1150. The van der Waals surface area contributed by atoms with Crippen molar-refractivity contribution in [3.63, 3.8) is 0 Å². The van der Waals surface area contributed by atoms with Crippen LogP contribution in [0.5, 0.6) is 0 Å². The first-order chi connectivity index (χ1) is 15.8. The molecule has 3 heterocycles. The van der Waals surface area contributed by atoms with Gasteiger partial charge in [0.25, 0.3) is 0 Å². The van der Waals surface area contributed by atoms with Crippen LogP contribution in [0.15, 0.2) is 36.5 Å². The van der Waals surface area contributed by atoms with Crippen LogP contribution in [0, 0.1) is 0 Å². The highest BCUT2D eigenvalue weighted by Gasteiger charge is 2.31. The first-order valence-corrected chi connectivity index (χ1v) is 11.4. The van der Waals surface area contributed by atoms with Crippen molar-refractivity contribution >= 4 is 28.5 Å². The summed E-state index contributed by atoms with van der Waals surface area (Å²) in [5.74, 6) is 1.50. The number of nitrogens with one attached hydrogen (secondary N) is 1. The lowest BCUT2D eigenvalue weighted by Gasteiger charge is -2.35. The maximum absolute atomic E-state index is 13.5. The molecule has 0 bridgehead atoms. The highest BCUT2D eigenvalue weighted by atomic mass is 16.2. The number of H-pyrrole nitrogens is 1. The van der Waals surface area contributed by atoms with Crippen molar-refractivity contribution in [2.24, 2.45) is 0 Å². The number of rotatable bonds is 6. The van der Waals surface area contributed by atoms with Gasteiger partial charge in [0.1, 0.15) is 5.82 Å². The van der Waals surface area contributed by atoms with Gasteiger partial charge >= 0.3 is 0 Å². The number of hydrogen-bond donors (Lipinski definition) is 1. The minimum Gasteiger partial charge on any atom is -0.363 e. The Labute approximate surface area is 194 Å². The molecule has 1 aromatic carbocycles. The van der Waals surface area contributed by atoms with Gasteiger partial charge in [-0.2, -0.15) is 0 Å². The summed E-state index contributed by atoms with van der Waals surface area (Å²) in [4.78, 5) is 43.6. The van der Waals surface area contributed by atoms with E-state index >= 15 is 0 Å². The lowest BCUT2D eigenvalue weighted by molar-refractivity contribution is -0.134. The Morgan fingerprint density at radius 2 is 1.94 bits per heavy atom. The summed E-state index contributed by atoms with van der Waals surface area (Å²) < 4.78 is 0. The van der Waals surface area contributed by atoms with E-state index in [0.29, 0.717) is 25.3 Å². The van der Waals surface area contributed by atoms with E-state index < -0.39 is 0 Å². The summed E-state index contributed by atoms with van der Waals surface area (Å²) in [7, 11) is 5.63. The van der Waals surface area contributed by atoms with E-state index in [4.69, 9.17) is 9.97 Å². The molecule has 1 aliphatic rings. The number of para-hydroxylation sites is 1. The Morgan fingerprint density at radius 1 is 1.15 bits per heavy atom. The Hall–Kier alpha value is -3.42. The van der Waals surface area contributed by atoms with Gasteiger partial charge in [-0.15, -0.1) is 0 Å². The maximum Gasteiger partial charge on any atom is 0.227 e. The van der Waals surface area contributed by atoms with Crippen molar-refractivity contribution in [2.45, 2.75) is 45.2 Å². The fraction of sp³-hybridized carbons (Fsp3) is 0.440. The number of nitrogens with zero attached hydrogens (tertiary/aromatic N) is 5. The SMILES string of the molecule is CC(=O)N(C)Cc1cc(N(C)C)nc(C2CCCCN2C(=O)Cc2c[nH]c3ccccc23)n1. The minimum atomic E-state index is -0.169. The summed E-state index contributed by atoms with van der Waals surface area (Å²) in [6.45, 7) is 2.65. The zero-order chi connectivity index (χ0) is 23.5. The van der Waals surface area contributed by atoms with Gasteiger partial charge in [0, 0.05) is 57.8 Å². The van der Waals surface area contributed by atoms with Crippen molar-refractivity contribution in [3.8, 4) is 0 Å². The van der Waals surface area contributed by atoms with Crippen LogP contribution in [0.25, 0.3) is 10.9 Å². The summed E-state index contributed by atoms with van der Waals surface area (Å²) >= 11 is 0. The largest absolute Gasteiger partial charge is 0.363 e. The van der Waals surface area contributed by atoms with E-state index in [0.717, 1.165) is 47.2 Å². The molecular formula is C25H32N6O2. The number of carbonyl (C=O) groups excluding carboxylic acids is 2. The van der Waals surface area contributed by atoms with E-state index in [1.807, 2.05) is 60.4 Å². The minimum absolute atomic E-state index is 0.0187. The maximum atomic E-state index is 13.5. The smallest absolute Gasteiger partial charge is 0.227 e. The Balaban J connectivity index is 1.62. The fourth-order valence-corrected chi connectivity index (χ4v) is 4.36. The number of carbonyl (C=O) groups is 2. The molecule has 0 aliphatic carbocycles. The van der Waals surface area contributed by atoms with Crippen molar-refractivity contribution in [1.29, 1.82) is 0 Å². The van der Waals surface area contributed by atoms with Crippen LogP contribution >= 0.6 is 0 Å². The zero-order valence-electron chi connectivity index (χ0n) is 19.8. The van der Waals surface area contributed by atoms with E-state index in [2.05, 4.69) is 4.98 Å². The van der Waals surface area contributed by atoms with Crippen LogP contribution in [-0.2, 0) is 22.6 Å². The third kappa shape index (κ3) is 4.99. The predicted octanol–water partition coefficient (Wildman–Crippen LogP) is 3.30. The molecule has 1 aliphatic heterocycles. The van der Waals surface area contributed by atoms with Crippen LogP contribution in [-0.4, -0.2) is 64.3 Å². The first-order valence-electron chi connectivity index (χ1n) is 11.4. The van der Waals surface area contributed by atoms with Gasteiger partial charge in [-0.05, 0) is 30.9 Å². The normalized spacial score (nSPS) is 16.1. The van der Waals surface area contributed by atoms with Gasteiger partial charge in [-0.3, -0.25) is 9.59 Å². The number of piperidine rings is 1. The molecule has 0 saturated carbocycles. The van der Waals surface area contributed by atoms with Gasteiger partial charge in [-0.25, -0.2) is 9.97 Å². The van der Waals surface area contributed by atoms with Gasteiger partial charge in [0.15, 0.2) is 5.82 Å². The van der Waals surface area contributed by atoms with Crippen molar-refractivity contribution in [2.75, 3.05) is 32.6 Å². The molecule has 8 nitrogen and oxygen atoms in total. The molecule has 0 spiro atoms. The highest BCUT2D eigenvalue weighted by Crippen LogP contribution is 2.31. The van der Waals surface area contributed by atoms with E-state index in [-0.39, 0.29) is 17.9 Å². The van der Waals surface area contributed by atoms with E-state index in [1.54, 1.807) is 18.9 Å². The third-order valence-corrected chi connectivity index (χ3v) is 6.32. The second-order valence-electron chi connectivity index (χ2n) is 8.98. The molecule has 1 unspecified atom stereocenters. The molecule has 2 aromatic heterocycles. The quantitative estimate of drug-likeness (QED) is 0.625. The standard InChI is InChI=1S/C25H32N6O2/c1-17(32)30(4)16-19-14-23(29(2)3)28-25(27-19)22-11-7-8-12-31(22)24(33)13-18-15-26-21-10-6-5-9-20(18)21/h5-6,9-10,14-15,22,26H,7-8,11-13,16H2,1-4H3. The monoisotopic (exact) mass is 448 g/mol. The van der Waals surface area contributed by atoms with Gasteiger partial charge in [-0.1, -0.05) is 18.2 Å². The summed E-state index contributed by atoms with van der Waals surface area (Å²) in [5.41, 5.74) is 2.82. The third-order valence-electron chi connectivity index (χ3n) is 6.32. The average Bonchev–Trinajstić information content (AvgIpc) is 3.21. The molecule has 3 aromatic rings. The molecule has 2 amide bonds. The summed E-state index contributed by atoms with van der Waals surface area (Å²) in [6, 6.07) is 9.79. The second-order valence-corrected chi connectivity index (χ2v) is 8.98. The molecule has 0 radical (unpaired) electrons. The van der Waals surface area contributed by atoms with Gasteiger partial charge < -0.3 is 19.7 Å². The second kappa shape index (κ2) is 9.60. The van der Waals surface area contributed by atoms with Gasteiger partial charge in [0.05, 0.1) is 24.7 Å². The van der Waals surface area contributed by atoms with Crippen LogP contribution in [0.4, 0.5) is 5.82 Å².